The smallest absolute Gasteiger partial charge is 0.241 e. The van der Waals surface area contributed by atoms with Crippen molar-refractivity contribution in [1.29, 1.82) is 0 Å². The second-order valence-electron chi connectivity index (χ2n) is 4.00. The number of nitrogens with two attached hydrogens (primary N) is 1. The van der Waals surface area contributed by atoms with Gasteiger partial charge in [0, 0.05) is 15.5 Å². The Morgan fingerprint density at radius 3 is 2.58 bits per heavy atom. The van der Waals surface area contributed by atoms with Gasteiger partial charge in [-0.3, -0.25) is 0 Å². The summed E-state index contributed by atoms with van der Waals surface area (Å²) in [6.45, 7) is 2.19. The van der Waals surface area contributed by atoms with Crippen LogP contribution in [0.25, 0.3) is 0 Å². The molecule has 0 aromatic heterocycles. The lowest BCUT2D eigenvalue weighted by Crippen LogP contribution is -2.26. The minimum absolute atomic E-state index is 0.209. The molecule has 1 aromatic carbocycles. The second kappa shape index (κ2) is 7.12. The van der Waals surface area contributed by atoms with Gasteiger partial charge in [0.25, 0.3) is 0 Å². The highest BCUT2D eigenvalue weighted by Gasteiger charge is 2.18. The largest absolute Gasteiger partial charge is 0.393 e. The number of aryl methyl sites for hydroxylation is 1. The van der Waals surface area contributed by atoms with E-state index in [0.29, 0.717) is 28.8 Å². The summed E-state index contributed by atoms with van der Waals surface area (Å²) in [6.07, 6.45) is 1.11. The van der Waals surface area contributed by atoms with Gasteiger partial charge in [0.1, 0.15) is 0 Å². The van der Waals surface area contributed by atoms with Crippen LogP contribution >= 0.6 is 44.1 Å². The maximum atomic E-state index is 12.1. The maximum Gasteiger partial charge on any atom is 0.241 e. The average molecular weight is 430 g/mol. The molecule has 1 rings (SSSR count). The van der Waals surface area contributed by atoms with Gasteiger partial charge in [-0.05, 0) is 53.4 Å². The molecule has 0 radical (unpaired) electrons. The van der Waals surface area contributed by atoms with Gasteiger partial charge in [-0.15, -0.1) is 0 Å². The molecule has 0 aliphatic rings. The van der Waals surface area contributed by atoms with Crippen molar-refractivity contribution in [3.8, 4) is 0 Å². The molecule has 0 bridgehead atoms. The fraction of sp³-hybridized carbons (Fsp3) is 0.364. The second-order valence-corrected chi connectivity index (χ2v) is 7.97. The fourth-order valence-electron chi connectivity index (χ4n) is 1.38. The third-order valence-corrected chi connectivity index (χ3v) is 5.87. The Hall–Kier alpha value is -0.0200. The van der Waals surface area contributed by atoms with E-state index in [0.717, 1.165) is 10.0 Å². The quantitative estimate of drug-likeness (QED) is 0.538. The molecule has 0 fully saturated rings. The number of rotatable bonds is 6. The lowest BCUT2D eigenvalue weighted by molar-refractivity contribution is 0.579. The Labute approximate surface area is 135 Å². The summed E-state index contributed by atoms with van der Waals surface area (Å²) in [5.74, 6) is 0. The van der Waals surface area contributed by atoms with Crippen molar-refractivity contribution in [2.24, 2.45) is 5.73 Å². The van der Waals surface area contributed by atoms with Crippen molar-refractivity contribution in [3.05, 3.63) is 26.6 Å². The fourth-order valence-corrected chi connectivity index (χ4v) is 4.27. The Kier molecular flexibility index (Phi) is 6.38. The number of hydrogen-bond acceptors (Lipinski definition) is 3. The molecule has 0 heterocycles. The van der Waals surface area contributed by atoms with E-state index in [2.05, 4.69) is 36.6 Å². The number of sulfonamides is 1. The highest BCUT2D eigenvalue weighted by atomic mass is 79.9. The van der Waals surface area contributed by atoms with Crippen LogP contribution in [0.5, 0.6) is 0 Å². The van der Waals surface area contributed by atoms with Crippen molar-refractivity contribution < 1.29 is 8.42 Å². The van der Waals surface area contributed by atoms with Gasteiger partial charge in [-0.25, -0.2) is 13.1 Å². The third kappa shape index (κ3) is 5.11. The topological polar surface area (TPSA) is 72.2 Å². The molecule has 0 spiro atoms. The van der Waals surface area contributed by atoms with Crippen LogP contribution in [0.15, 0.2) is 26.0 Å². The Morgan fingerprint density at radius 1 is 1.37 bits per heavy atom. The summed E-state index contributed by atoms with van der Waals surface area (Å²) in [4.78, 5) is 0.596. The maximum absolute atomic E-state index is 12.1. The zero-order valence-corrected chi connectivity index (χ0v) is 15.0. The van der Waals surface area contributed by atoms with Crippen LogP contribution < -0.4 is 10.5 Å². The van der Waals surface area contributed by atoms with E-state index < -0.39 is 10.0 Å². The molecule has 19 heavy (non-hydrogen) atoms. The van der Waals surface area contributed by atoms with Gasteiger partial charge >= 0.3 is 0 Å². The van der Waals surface area contributed by atoms with Crippen molar-refractivity contribution in [2.75, 3.05) is 6.54 Å². The van der Waals surface area contributed by atoms with E-state index in [1.54, 1.807) is 12.1 Å². The summed E-state index contributed by atoms with van der Waals surface area (Å²) < 4.78 is 28.1. The van der Waals surface area contributed by atoms with Gasteiger partial charge in [-0.2, -0.15) is 0 Å². The highest BCUT2D eigenvalue weighted by molar-refractivity contribution is 9.11. The number of benzene rings is 1. The van der Waals surface area contributed by atoms with E-state index >= 15 is 0 Å². The highest BCUT2D eigenvalue weighted by Crippen LogP contribution is 2.28. The van der Waals surface area contributed by atoms with Gasteiger partial charge in [0.05, 0.1) is 9.88 Å². The van der Waals surface area contributed by atoms with E-state index in [1.165, 1.54) is 0 Å². The summed E-state index contributed by atoms with van der Waals surface area (Å²) in [6, 6.07) is 3.34. The molecular weight excluding hydrogens is 416 g/mol. The molecule has 0 saturated carbocycles. The SMILES string of the molecule is Cc1cc(Br)c(S(=O)(=O)NCCCC(N)=S)cc1Br. The van der Waals surface area contributed by atoms with Crippen molar-refractivity contribution in [3.63, 3.8) is 0 Å². The Balaban J connectivity index is 2.83. The molecule has 0 aliphatic heterocycles. The lowest BCUT2D eigenvalue weighted by Gasteiger charge is -2.10. The van der Waals surface area contributed by atoms with Crippen LogP contribution in [0.4, 0.5) is 0 Å². The first kappa shape index (κ1) is 17.0. The number of hydrogen-bond donors (Lipinski definition) is 2. The van der Waals surface area contributed by atoms with Crippen molar-refractivity contribution in [1.82, 2.24) is 4.72 Å². The summed E-state index contributed by atoms with van der Waals surface area (Å²) in [5.41, 5.74) is 6.31. The molecule has 1 aromatic rings. The number of thiocarbonyl (C=S) groups is 1. The molecule has 0 atom stereocenters. The zero-order chi connectivity index (χ0) is 14.6. The standard InChI is InChI=1S/C11H14Br2N2O2S2/c1-7-5-9(13)10(6-8(7)12)19(16,17)15-4-2-3-11(14)18/h5-6,15H,2-4H2,1H3,(H2,14,18). The summed E-state index contributed by atoms with van der Waals surface area (Å²) in [5, 5.41) is 0. The van der Waals surface area contributed by atoms with E-state index in [4.69, 9.17) is 18.0 Å². The van der Waals surface area contributed by atoms with Crippen molar-refractivity contribution >= 4 is 59.1 Å². The van der Waals surface area contributed by atoms with Gasteiger partial charge in [0.2, 0.25) is 10.0 Å². The molecule has 106 valence electrons. The molecule has 0 amide bonds. The number of nitrogens with one attached hydrogen (secondary N) is 1. The predicted molar refractivity (Wildman–Crippen MR) is 87.8 cm³/mol. The first-order valence-corrected chi connectivity index (χ1v) is 8.95. The predicted octanol–water partition coefficient (Wildman–Crippen LogP) is 2.86. The molecule has 0 aliphatic carbocycles. The van der Waals surface area contributed by atoms with Crippen LogP contribution in [-0.2, 0) is 10.0 Å². The monoisotopic (exact) mass is 428 g/mol. The Morgan fingerprint density at radius 2 is 2.00 bits per heavy atom. The summed E-state index contributed by atoms with van der Waals surface area (Å²) in [7, 11) is -3.54. The molecule has 8 heteroatoms. The van der Waals surface area contributed by atoms with Gasteiger partial charge < -0.3 is 5.73 Å². The van der Waals surface area contributed by atoms with E-state index in [1.807, 2.05) is 6.92 Å². The van der Waals surface area contributed by atoms with Crippen LogP contribution in [-0.4, -0.2) is 20.0 Å². The van der Waals surface area contributed by atoms with Crippen LogP contribution in [0.2, 0.25) is 0 Å². The molecular formula is C11H14Br2N2O2S2. The first-order valence-electron chi connectivity index (χ1n) is 5.47. The molecule has 0 saturated heterocycles. The minimum atomic E-state index is -3.54. The lowest BCUT2D eigenvalue weighted by atomic mass is 10.2. The molecule has 4 nitrogen and oxygen atoms in total. The van der Waals surface area contributed by atoms with Crippen LogP contribution in [0.3, 0.4) is 0 Å². The Bertz CT molecular complexity index is 589. The zero-order valence-electron chi connectivity index (χ0n) is 10.2. The van der Waals surface area contributed by atoms with E-state index in [9.17, 15) is 8.42 Å². The number of halogens is 2. The molecule has 3 N–H and O–H groups in total. The van der Waals surface area contributed by atoms with Gasteiger partial charge in [-0.1, -0.05) is 28.1 Å². The van der Waals surface area contributed by atoms with Crippen molar-refractivity contribution in [2.45, 2.75) is 24.7 Å². The average Bonchev–Trinajstić information content (AvgIpc) is 2.29. The summed E-state index contributed by atoms with van der Waals surface area (Å²) >= 11 is 11.3. The van der Waals surface area contributed by atoms with E-state index in [-0.39, 0.29) is 4.90 Å². The van der Waals surface area contributed by atoms with Crippen LogP contribution in [0, 0.1) is 6.92 Å². The van der Waals surface area contributed by atoms with Crippen LogP contribution in [0.1, 0.15) is 18.4 Å². The third-order valence-electron chi connectivity index (χ3n) is 2.39. The first-order chi connectivity index (χ1) is 8.74. The minimum Gasteiger partial charge on any atom is -0.393 e. The molecule has 0 unspecified atom stereocenters. The normalized spacial score (nSPS) is 11.5. The van der Waals surface area contributed by atoms with Gasteiger partial charge in [0.15, 0.2) is 0 Å².